The van der Waals surface area contributed by atoms with Crippen LogP contribution in [0.5, 0.6) is 5.75 Å². The Hall–Kier alpha value is -2.90. The number of hydrogen-bond donors (Lipinski definition) is 1. The highest BCUT2D eigenvalue weighted by atomic mass is 16.5. The molecule has 0 aliphatic carbocycles. The molecule has 0 saturated carbocycles. The number of benzene rings is 1. The molecule has 3 rings (SSSR count). The van der Waals surface area contributed by atoms with Crippen molar-refractivity contribution in [3.05, 3.63) is 41.5 Å². The van der Waals surface area contributed by atoms with Crippen molar-refractivity contribution in [2.75, 3.05) is 13.2 Å². The van der Waals surface area contributed by atoms with E-state index >= 15 is 0 Å². The average molecular weight is 344 g/mol. The molecule has 1 aliphatic heterocycles. The predicted octanol–water partition coefficient (Wildman–Crippen LogP) is 1.47. The number of nitrogens with zero attached hydrogens (tertiary/aromatic N) is 3. The smallest absolute Gasteiger partial charge is 0.261 e. The van der Waals surface area contributed by atoms with E-state index in [1.165, 1.54) is 6.07 Å². The van der Waals surface area contributed by atoms with Crippen LogP contribution in [-0.2, 0) is 11.2 Å². The summed E-state index contributed by atoms with van der Waals surface area (Å²) < 4.78 is 10.7. The van der Waals surface area contributed by atoms with Crippen molar-refractivity contribution in [2.24, 2.45) is 5.73 Å². The first-order valence-electron chi connectivity index (χ1n) is 8.23. The van der Waals surface area contributed by atoms with Gasteiger partial charge in [-0.2, -0.15) is 4.98 Å². The van der Waals surface area contributed by atoms with E-state index in [1.807, 2.05) is 6.92 Å². The van der Waals surface area contributed by atoms with Crippen molar-refractivity contribution in [3.63, 3.8) is 0 Å². The van der Waals surface area contributed by atoms with Gasteiger partial charge in [-0.25, -0.2) is 0 Å². The van der Waals surface area contributed by atoms with Gasteiger partial charge in [0.2, 0.25) is 11.8 Å². The van der Waals surface area contributed by atoms with E-state index in [-0.39, 0.29) is 18.6 Å². The standard InChI is InChI=1S/C17H20N4O4/c1-2-14-19-17(20-25-14)13-7-4-8-21(13)15(22)10-24-12-6-3-5-11(9-12)16(18)23/h3,5-6,9,13H,2,4,7-8,10H2,1H3,(H2,18,23)/t13-/m1/s1. The van der Waals surface area contributed by atoms with Crippen molar-refractivity contribution in [1.82, 2.24) is 15.0 Å². The van der Waals surface area contributed by atoms with Crippen molar-refractivity contribution in [2.45, 2.75) is 32.2 Å². The zero-order valence-electron chi connectivity index (χ0n) is 14.0. The minimum absolute atomic E-state index is 0.128. The van der Waals surface area contributed by atoms with E-state index in [2.05, 4.69) is 10.1 Å². The highest BCUT2D eigenvalue weighted by Crippen LogP contribution is 2.30. The Balaban J connectivity index is 1.64. The lowest BCUT2D eigenvalue weighted by molar-refractivity contribution is -0.134. The van der Waals surface area contributed by atoms with E-state index in [0.717, 1.165) is 12.8 Å². The number of carbonyl (C=O) groups excluding carboxylic acids is 2. The van der Waals surface area contributed by atoms with Gasteiger partial charge in [-0.15, -0.1) is 0 Å². The average Bonchev–Trinajstić information content (AvgIpc) is 3.28. The second-order valence-electron chi connectivity index (χ2n) is 5.83. The fraction of sp³-hybridized carbons (Fsp3) is 0.412. The number of primary amides is 1. The lowest BCUT2D eigenvalue weighted by atomic mass is 10.2. The van der Waals surface area contributed by atoms with Crippen LogP contribution in [0.15, 0.2) is 28.8 Å². The summed E-state index contributed by atoms with van der Waals surface area (Å²) in [5, 5.41) is 3.98. The largest absolute Gasteiger partial charge is 0.484 e. The normalized spacial score (nSPS) is 16.8. The molecular formula is C17H20N4O4. The van der Waals surface area contributed by atoms with E-state index < -0.39 is 5.91 Å². The number of carbonyl (C=O) groups is 2. The first-order chi connectivity index (χ1) is 12.1. The van der Waals surface area contributed by atoms with Crippen molar-refractivity contribution < 1.29 is 18.8 Å². The van der Waals surface area contributed by atoms with E-state index in [1.54, 1.807) is 23.1 Å². The number of nitrogens with two attached hydrogens (primary N) is 1. The second kappa shape index (κ2) is 7.33. The van der Waals surface area contributed by atoms with Crippen LogP contribution in [0.4, 0.5) is 0 Å². The molecule has 1 aliphatic rings. The molecule has 0 unspecified atom stereocenters. The van der Waals surface area contributed by atoms with Crippen LogP contribution in [0, 0.1) is 0 Å². The highest BCUT2D eigenvalue weighted by molar-refractivity contribution is 5.93. The zero-order chi connectivity index (χ0) is 17.8. The summed E-state index contributed by atoms with van der Waals surface area (Å²) in [6.07, 6.45) is 2.34. The number of rotatable bonds is 6. The van der Waals surface area contributed by atoms with Gasteiger partial charge in [0.15, 0.2) is 12.4 Å². The van der Waals surface area contributed by atoms with Crippen LogP contribution in [0.3, 0.4) is 0 Å². The molecule has 1 aromatic heterocycles. The first-order valence-corrected chi connectivity index (χ1v) is 8.23. The molecule has 0 bridgehead atoms. The summed E-state index contributed by atoms with van der Waals surface area (Å²) in [6, 6.07) is 6.26. The molecule has 1 aromatic carbocycles. The highest BCUT2D eigenvalue weighted by Gasteiger charge is 2.33. The number of aromatic nitrogens is 2. The van der Waals surface area contributed by atoms with Crippen molar-refractivity contribution in [1.29, 1.82) is 0 Å². The van der Waals surface area contributed by atoms with Crippen LogP contribution >= 0.6 is 0 Å². The third-order valence-electron chi connectivity index (χ3n) is 4.14. The lowest BCUT2D eigenvalue weighted by Gasteiger charge is -2.22. The molecule has 1 atom stereocenters. The van der Waals surface area contributed by atoms with Gasteiger partial charge in [-0.3, -0.25) is 9.59 Å². The number of amides is 2. The molecule has 8 heteroatoms. The SMILES string of the molecule is CCc1nc([C@H]2CCCN2C(=O)COc2cccc(C(N)=O)c2)no1. The monoisotopic (exact) mass is 344 g/mol. The Bertz CT molecular complexity index is 774. The summed E-state index contributed by atoms with van der Waals surface area (Å²) in [7, 11) is 0. The molecule has 0 radical (unpaired) electrons. The predicted molar refractivity (Wildman–Crippen MR) is 87.8 cm³/mol. The third-order valence-corrected chi connectivity index (χ3v) is 4.14. The summed E-state index contributed by atoms with van der Waals surface area (Å²) in [5.74, 6) is 0.829. The van der Waals surface area contributed by atoms with Gasteiger partial charge >= 0.3 is 0 Å². The van der Waals surface area contributed by atoms with E-state index in [9.17, 15) is 9.59 Å². The van der Waals surface area contributed by atoms with Gasteiger partial charge in [-0.05, 0) is 31.0 Å². The van der Waals surface area contributed by atoms with Crippen LogP contribution in [0.1, 0.15) is 47.9 Å². The quantitative estimate of drug-likeness (QED) is 0.849. The van der Waals surface area contributed by atoms with Gasteiger partial charge in [0, 0.05) is 18.5 Å². The van der Waals surface area contributed by atoms with Crippen molar-refractivity contribution >= 4 is 11.8 Å². The zero-order valence-corrected chi connectivity index (χ0v) is 14.0. The Kier molecular flexibility index (Phi) is 4.97. The number of ether oxygens (including phenoxy) is 1. The second-order valence-corrected chi connectivity index (χ2v) is 5.83. The topological polar surface area (TPSA) is 112 Å². The van der Waals surface area contributed by atoms with Crippen LogP contribution < -0.4 is 10.5 Å². The molecule has 8 nitrogen and oxygen atoms in total. The van der Waals surface area contributed by atoms with Crippen LogP contribution in [0.25, 0.3) is 0 Å². The maximum atomic E-state index is 12.5. The molecule has 2 aromatic rings. The van der Waals surface area contributed by atoms with Crippen LogP contribution in [-0.4, -0.2) is 40.0 Å². The Morgan fingerprint density at radius 2 is 2.28 bits per heavy atom. The molecule has 2 N–H and O–H groups in total. The summed E-state index contributed by atoms with van der Waals surface area (Å²) >= 11 is 0. The van der Waals surface area contributed by atoms with Gasteiger partial charge in [0.1, 0.15) is 5.75 Å². The summed E-state index contributed by atoms with van der Waals surface area (Å²) in [5.41, 5.74) is 5.58. The van der Waals surface area contributed by atoms with Crippen LogP contribution in [0.2, 0.25) is 0 Å². The Labute approximate surface area is 144 Å². The van der Waals surface area contributed by atoms with Crippen molar-refractivity contribution in [3.8, 4) is 5.75 Å². The molecule has 1 saturated heterocycles. The Morgan fingerprint density at radius 3 is 3.00 bits per heavy atom. The maximum absolute atomic E-state index is 12.5. The molecule has 2 heterocycles. The fourth-order valence-corrected chi connectivity index (χ4v) is 2.85. The minimum Gasteiger partial charge on any atom is -0.484 e. The van der Waals surface area contributed by atoms with E-state index in [4.69, 9.17) is 15.0 Å². The molecule has 2 amide bonds. The molecule has 132 valence electrons. The van der Waals surface area contributed by atoms with Gasteiger partial charge < -0.3 is 19.9 Å². The molecule has 25 heavy (non-hydrogen) atoms. The number of likely N-dealkylation sites (tertiary alicyclic amines) is 1. The summed E-state index contributed by atoms with van der Waals surface area (Å²) in [4.78, 5) is 29.8. The van der Waals surface area contributed by atoms with Gasteiger partial charge in [0.05, 0.1) is 6.04 Å². The Morgan fingerprint density at radius 1 is 1.44 bits per heavy atom. The van der Waals surface area contributed by atoms with E-state index in [0.29, 0.717) is 36.0 Å². The summed E-state index contributed by atoms with van der Waals surface area (Å²) in [6.45, 7) is 2.43. The number of aryl methyl sites for hydroxylation is 1. The van der Waals surface area contributed by atoms with Gasteiger partial charge in [0.25, 0.3) is 5.91 Å². The van der Waals surface area contributed by atoms with Gasteiger partial charge in [-0.1, -0.05) is 18.1 Å². The first kappa shape index (κ1) is 16.9. The third kappa shape index (κ3) is 3.78. The maximum Gasteiger partial charge on any atom is 0.261 e. The lowest BCUT2D eigenvalue weighted by Crippen LogP contribution is -2.34. The molecular weight excluding hydrogens is 324 g/mol. The number of hydrogen-bond acceptors (Lipinski definition) is 6. The minimum atomic E-state index is -0.541. The molecule has 0 spiro atoms. The molecule has 1 fully saturated rings. The fourth-order valence-electron chi connectivity index (χ4n) is 2.85.